The third-order valence-electron chi connectivity index (χ3n) is 8.60. The number of carbonyl (C=O) groups excluding carboxylic acids is 4. The van der Waals surface area contributed by atoms with Crippen molar-refractivity contribution >= 4 is 61.5 Å². The molecule has 0 aromatic heterocycles. The Morgan fingerprint density at radius 2 is 1.40 bits per heavy atom. The summed E-state index contributed by atoms with van der Waals surface area (Å²) in [6, 6.07) is 12.0. The van der Waals surface area contributed by atoms with Crippen LogP contribution in [0.15, 0.2) is 42.5 Å². The van der Waals surface area contributed by atoms with Crippen molar-refractivity contribution in [2.24, 2.45) is 0 Å². The van der Waals surface area contributed by atoms with Crippen molar-refractivity contribution in [1.82, 2.24) is 24.9 Å². The van der Waals surface area contributed by atoms with E-state index in [0.717, 1.165) is 23.0 Å². The number of hydrogen-bond donors (Lipinski definition) is 2. The molecule has 270 valence electrons. The molecule has 1 unspecified atom stereocenters. The van der Waals surface area contributed by atoms with E-state index in [1.165, 1.54) is 0 Å². The molecule has 0 bridgehead atoms. The third-order valence-corrected chi connectivity index (χ3v) is 9.01. The molecule has 1 aliphatic rings. The molecule has 3 N–H and O–H groups in total. The fourth-order valence-corrected chi connectivity index (χ4v) is 6.03. The first-order chi connectivity index (χ1) is 23.0. The van der Waals surface area contributed by atoms with Crippen LogP contribution in [0.25, 0.3) is 0 Å². The van der Waals surface area contributed by atoms with Gasteiger partial charge in [0.15, 0.2) is 0 Å². The van der Waals surface area contributed by atoms with Gasteiger partial charge in [-0.2, -0.15) is 0 Å². The number of aldehydes is 1. The summed E-state index contributed by atoms with van der Waals surface area (Å²) in [6.45, 7) is 3.64. The first-order valence-corrected chi connectivity index (χ1v) is 16.4. The Kier molecular flexibility index (Phi) is 20.8. The van der Waals surface area contributed by atoms with Gasteiger partial charge in [0, 0.05) is 82.6 Å². The van der Waals surface area contributed by atoms with E-state index >= 15 is 0 Å². The maximum atomic E-state index is 13.2. The Balaban J connectivity index is 0.00000625. The normalized spacial score (nSPS) is 16.0. The molecule has 1 atom stereocenters. The number of carboxylic acids is 3. The van der Waals surface area contributed by atoms with Crippen LogP contribution in [0.5, 0.6) is 0 Å². The predicted molar refractivity (Wildman–Crippen MR) is 183 cm³/mol. The van der Waals surface area contributed by atoms with Crippen LogP contribution in [-0.4, -0.2) is 165 Å². The van der Waals surface area contributed by atoms with Crippen LogP contribution in [0.4, 0.5) is 0 Å². The second kappa shape index (κ2) is 23.2. The molecule has 0 saturated carbocycles. The number of carbonyl (C=O) groups is 5. The number of nitrogens with one attached hydrogen (secondary N) is 1. The van der Waals surface area contributed by atoms with Crippen LogP contribution < -0.4 is 15.5 Å². The van der Waals surface area contributed by atoms with Crippen LogP contribution in [0.3, 0.4) is 0 Å². The zero-order valence-electron chi connectivity index (χ0n) is 28.3. The number of carboxylic acid groups (broad SMARTS) is 3. The molecule has 1 aliphatic heterocycles. The average Bonchev–Trinajstić information content (AvgIpc) is 3.03. The average molecular weight is 773 g/mol. The van der Waals surface area contributed by atoms with E-state index in [2.05, 4.69) is 5.32 Å². The molecule has 1 amide bonds. The molecule has 50 heavy (non-hydrogen) atoms. The maximum absolute atomic E-state index is 13.2. The quantitative estimate of drug-likeness (QED) is 0.121. The van der Waals surface area contributed by atoms with Crippen LogP contribution in [0.1, 0.15) is 39.9 Å². The standard InChI is InChI=1S/C34H46ClN5O8.Ga.H2O/c1-25-26(7-4-9-29(25)35)22-27-6-2-3-8-28(27)33(46)36-11-5-10-30(34(47)48)40-18-16-37(20-21-41)12-13-38(23-31(42)43)14-15-39(17-19-40)24-32(44)45;;/h2-4,6-9,21,30H,5,10-20,22-24H2,1H3,(H,36,46)(H,42,43)(H,44,45)(H,47,48);;1H2/q;+3;/p-3. The molecular weight excluding hydrogens is 728 g/mol. The minimum Gasteiger partial charge on any atom is -0.870 e. The largest absolute Gasteiger partial charge is 3.00 e. The molecule has 14 nitrogen and oxygen atoms in total. The van der Waals surface area contributed by atoms with Crippen LogP contribution in [0.2, 0.25) is 5.02 Å². The topological polar surface area (TPSA) is 207 Å². The van der Waals surface area contributed by atoms with E-state index in [9.17, 15) is 39.3 Å². The van der Waals surface area contributed by atoms with Crippen molar-refractivity contribution < 1.29 is 44.8 Å². The fourth-order valence-electron chi connectivity index (χ4n) is 5.83. The van der Waals surface area contributed by atoms with Gasteiger partial charge in [0.2, 0.25) is 0 Å². The number of amides is 1. The van der Waals surface area contributed by atoms with Crippen molar-refractivity contribution in [2.75, 3.05) is 78.5 Å². The molecule has 0 radical (unpaired) electrons. The number of benzene rings is 2. The summed E-state index contributed by atoms with van der Waals surface area (Å²) in [5, 5.41) is 36.5. The number of nitrogens with zero attached hydrogens (tertiary/aromatic N) is 4. The minimum absolute atomic E-state index is 0. The fraction of sp³-hybridized carbons (Fsp3) is 0.500. The summed E-state index contributed by atoms with van der Waals surface area (Å²) >= 11 is 6.29. The van der Waals surface area contributed by atoms with Gasteiger partial charge in [0.1, 0.15) is 12.3 Å². The van der Waals surface area contributed by atoms with E-state index in [4.69, 9.17) is 11.6 Å². The Labute approximate surface area is 310 Å². The molecule has 1 heterocycles. The molecule has 1 saturated heterocycles. The van der Waals surface area contributed by atoms with E-state index in [1.807, 2.05) is 42.2 Å². The Morgan fingerprint density at radius 1 is 0.860 bits per heavy atom. The van der Waals surface area contributed by atoms with Gasteiger partial charge in [-0.05, 0) is 55.0 Å². The summed E-state index contributed by atoms with van der Waals surface area (Å²) in [7, 11) is 0. The molecule has 2 aromatic rings. The van der Waals surface area contributed by atoms with Gasteiger partial charge >= 0.3 is 25.8 Å². The Hall–Kier alpha value is -3.28. The first kappa shape index (κ1) is 44.7. The second-order valence-corrected chi connectivity index (χ2v) is 12.3. The molecule has 0 aliphatic carbocycles. The van der Waals surface area contributed by atoms with Gasteiger partial charge < -0.3 is 40.5 Å². The van der Waals surface area contributed by atoms with Gasteiger partial charge in [0.05, 0.1) is 18.5 Å². The Bertz CT molecular complexity index is 1420. The second-order valence-electron chi connectivity index (χ2n) is 11.9. The summed E-state index contributed by atoms with van der Waals surface area (Å²) in [5.41, 5.74) is 3.33. The summed E-state index contributed by atoms with van der Waals surface area (Å²) in [6.07, 6.45) is 1.85. The van der Waals surface area contributed by atoms with Crippen molar-refractivity contribution in [3.63, 3.8) is 0 Å². The number of aliphatic carboxylic acids is 3. The van der Waals surface area contributed by atoms with Crippen molar-refractivity contribution in [3.8, 4) is 0 Å². The first-order valence-electron chi connectivity index (χ1n) is 16.1. The molecule has 16 heteroatoms. The van der Waals surface area contributed by atoms with E-state index in [0.29, 0.717) is 43.1 Å². The van der Waals surface area contributed by atoms with Crippen molar-refractivity contribution in [2.45, 2.75) is 32.2 Å². The number of rotatable bonds is 15. The smallest absolute Gasteiger partial charge is 0.870 e. The van der Waals surface area contributed by atoms with Crippen molar-refractivity contribution in [1.29, 1.82) is 0 Å². The van der Waals surface area contributed by atoms with E-state index in [-0.39, 0.29) is 90.0 Å². The number of hydrogen-bond acceptors (Lipinski definition) is 12. The van der Waals surface area contributed by atoms with Gasteiger partial charge in [-0.15, -0.1) is 0 Å². The molecule has 0 spiro atoms. The van der Waals surface area contributed by atoms with Gasteiger partial charge in [0.25, 0.3) is 5.91 Å². The molecule has 1 fully saturated rings. The molecule has 2 aromatic carbocycles. The third kappa shape index (κ3) is 14.9. The molecular formula is C34H45ClGaN5O9. The SMILES string of the molecule is Cc1c(Cl)cccc1Cc1ccccc1C(=O)NCCCC(C(=O)O)N1CCN(CC=O)CCN(CC(=O)[O-])CCN(CC(=O)[O-])CC1.[Ga+3].[OH-]. The summed E-state index contributed by atoms with van der Waals surface area (Å²) in [5.74, 6) is -3.88. The molecule has 3 rings (SSSR count). The van der Waals surface area contributed by atoms with Crippen LogP contribution in [0, 0.1) is 6.92 Å². The minimum atomic E-state index is -1.30. The van der Waals surface area contributed by atoms with Crippen molar-refractivity contribution in [3.05, 3.63) is 69.7 Å². The monoisotopic (exact) mass is 771 g/mol. The predicted octanol–water partition coefficient (Wildman–Crippen LogP) is -1.43. The summed E-state index contributed by atoms with van der Waals surface area (Å²) in [4.78, 5) is 66.6. The zero-order chi connectivity index (χ0) is 35.1. The van der Waals surface area contributed by atoms with Crippen LogP contribution in [-0.2, 0) is 25.6 Å². The van der Waals surface area contributed by atoms with Gasteiger partial charge in [-0.3, -0.25) is 29.2 Å². The van der Waals surface area contributed by atoms with E-state index < -0.39 is 30.5 Å². The van der Waals surface area contributed by atoms with E-state index in [1.54, 1.807) is 26.8 Å². The number of halogens is 1. The van der Waals surface area contributed by atoms with Crippen LogP contribution >= 0.6 is 11.6 Å². The van der Waals surface area contributed by atoms with Gasteiger partial charge in [-0.1, -0.05) is 41.9 Å². The Morgan fingerprint density at radius 3 is 1.98 bits per heavy atom. The maximum Gasteiger partial charge on any atom is 3.00 e. The summed E-state index contributed by atoms with van der Waals surface area (Å²) < 4.78 is 0. The van der Waals surface area contributed by atoms with Gasteiger partial charge in [-0.25, -0.2) is 0 Å². The zero-order valence-corrected chi connectivity index (χ0v) is 31.5.